The molecule has 1 amide bonds. The molecule has 4 rings (SSSR count). The van der Waals surface area contributed by atoms with Crippen molar-refractivity contribution in [2.75, 3.05) is 12.4 Å². The first-order valence-corrected chi connectivity index (χ1v) is 10.5. The summed E-state index contributed by atoms with van der Waals surface area (Å²) in [5.74, 6) is -0.185. The predicted molar refractivity (Wildman–Crippen MR) is 117 cm³/mol. The monoisotopic (exact) mass is 419 g/mol. The summed E-state index contributed by atoms with van der Waals surface area (Å²) in [6.45, 7) is 0. The lowest BCUT2D eigenvalue weighted by molar-refractivity contribution is -0.154. The Labute approximate surface area is 179 Å². The molecule has 3 aromatic rings. The average molecular weight is 420 g/mol. The van der Waals surface area contributed by atoms with Crippen LogP contribution in [0.15, 0.2) is 83.8 Å². The molecule has 0 aliphatic carbocycles. The van der Waals surface area contributed by atoms with E-state index in [1.54, 1.807) is 43.5 Å². The van der Waals surface area contributed by atoms with Gasteiger partial charge in [0.25, 0.3) is 5.91 Å². The zero-order valence-electron chi connectivity index (χ0n) is 16.4. The Morgan fingerprint density at radius 2 is 1.77 bits per heavy atom. The first kappa shape index (κ1) is 20.0. The number of esters is 1. The van der Waals surface area contributed by atoms with E-state index in [2.05, 4.69) is 5.32 Å². The Hall–Kier alpha value is -3.25. The third kappa shape index (κ3) is 4.49. The first-order valence-electron chi connectivity index (χ1n) is 9.59. The molecule has 0 bridgehead atoms. The van der Waals surface area contributed by atoms with Crippen LogP contribution in [0, 0.1) is 0 Å². The largest absolute Gasteiger partial charge is 0.497 e. The van der Waals surface area contributed by atoms with Crippen LogP contribution in [0.5, 0.6) is 5.75 Å². The lowest BCUT2D eigenvalue weighted by Crippen LogP contribution is -2.29. The van der Waals surface area contributed by atoms with E-state index in [4.69, 9.17) is 9.47 Å². The van der Waals surface area contributed by atoms with Gasteiger partial charge in [0.2, 0.25) is 6.10 Å². The standard InChI is InChI=1S/C24H21NO4S/c1-28-19-12-7-11-18(15-19)25-23(26)22(16-8-3-2-4-9-16)29-24(27)21-14-17-10-5-6-13-20(17)30-21/h2-13,15,21-22H,14H2,1H3,(H,25,26)/t21-,22+/m0/s1. The number of fused-ring (bicyclic) bond motifs is 1. The summed E-state index contributed by atoms with van der Waals surface area (Å²) in [5, 5.41) is 2.46. The van der Waals surface area contributed by atoms with Crippen molar-refractivity contribution in [2.45, 2.75) is 22.7 Å². The third-order valence-corrected chi connectivity index (χ3v) is 6.12. The summed E-state index contributed by atoms with van der Waals surface area (Å²) in [7, 11) is 1.56. The highest BCUT2D eigenvalue weighted by Crippen LogP contribution is 2.38. The number of rotatable bonds is 6. The molecule has 0 fully saturated rings. The molecular formula is C24H21NO4S. The second-order valence-electron chi connectivity index (χ2n) is 6.87. The molecule has 0 saturated carbocycles. The molecule has 1 aliphatic heterocycles. The molecule has 6 heteroatoms. The van der Waals surface area contributed by atoms with Gasteiger partial charge in [0.05, 0.1) is 7.11 Å². The fourth-order valence-electron chi connectivity index (χ4n) is 3.31. The molecule has 2 atom stereocenters. The van der Waals surface area contributed by atoms with E-state index in [-0.39, 0.29) is 5.25 Å². The summed E-state index contributed by atoms with van der Waals surface area (Å²) in [4.78, 5) is 27.0. The van der Waals surface area contributed by atoms with E-state index in [1.165, 1.54) is 11.8 Å². The van der Waals surface area contributed by atoms with Gasteiger partial charge >= 0.3 is 5.97 Å². The van der Waals surface area contributed by atoms with Crippen molar-refractivity contribution in [1.29, 1.82) is 0 Å². The predicted octanol–water partition coefficient (Wildman–Crippen LogP) is 4.64. The molecule has 1 aliphatic rings. The maximum Gasteiger partial charge on any atom is 0.320 e. The molecule has 0 radical (unpaired) electrons. The normalized spacial score (nSPS) is 15.7. The number of hydrogen-bond acceptors (Lipinski definition) is 5. The fraction of sp³-hybridized carbons (Fsp3) is 0.167. The van der Waals surface area contributed by atoms with E-state index in [0.29, 0.717) is 23.4 Å². The molecule has 0 unspecified atom stereocenters. The molecule has 0 saturated heterocycles. The highest BCUT2D eigenvalue weighted by molar-refractivity contribution is 8.01. The van der Waals surface area contributed by atoms with Crippen LogP contribution < -0.4 is 10.1 Å². The van der Waals surface area contributed by atoms with Gasteiger partial charge in [-0.3, -0.25) is 9.59 Å². The number of carbonyl (C=O) groups excluding carboxylic acids is 2. The Morgan fingerprint density at radius 3 is 2.53 bits per heavy atom. The van der Waals surface area contributed by atoms with Crippen LogP contribution in [-0.2, 0) is 20.7 Å². The third-order valence-electron chi connectivity index (χ3n) is 4.82. The van der Waals surface area contributed by atoms with Crippen LogP contribution in [0.1, 0.15) is 17.2 Å². The highest BCUT2D eigenvalue weighted by atomic mass is 32.2. The maximum absolute atomic E-state index is 13.0. The number of anilines is 1. The number of amides is 1. The Balaban J connectivity index is 1.52. The molecule has 152 valence electrons. The molecule has 1 heterocycles. The smallest absolute Gasteiger partial charge is 0.320 e. The van der Waals surface area contributed by atoms with Gasteiger partial charge in [-0.1, -0.05) is 54.6 Å². The highest BCUT2D eigenvalue weighted by Gasteiger charge is 2.33. The van der Waals surface area contributed by atoms with Crippen LogP contribution >= 0.6 is 11.8 Å². The number of ether oxygens (including phenoxy) is 2. The summed E-state index contributed by atoms with van der Waals surface area (Å²) < 4.78 is 10.9. The average Bonchev–Trinajstić information content (AvgIpc) is 3.22. The van der Waals surface area contributed by atoms with E-state index in [0.717, 1.165) is 10.5 Å². The van der Waals surface area contributed by atoms with E-state index in [1.807, 2.05) is 42.5 Å². The molecular weight excluding hydrogens is 398 g/mol. The number of benzene rings is 3. The molecule has 3 aromatic carbocycles. The number of thioether (sulfide) groups is 1. The molecule has 0 spiro atoms. The Bertz CT molecular complexity index is 1030. The second kappa shape index (κ2) is 9.05. The van der Waals surface area contributed by atoms with Crippen molar-refractivity contribution in [1.82, 2.24) is 0 Å². The van der Waals surface area contributed by atoms with Crippen LogP contribution in [-0.4, -0.2) is 24.2 Å². The number of carbonyl (C=O) groups is 2. The quantitative estimate of drug-likeness (QED) is 0.590. The van der Waals surface area contributed by atoms with Gasteiger partial charge in [0, 0.05) is 22.2 Å². The lowest BCUT2D eigenvalue weighted by atomic mass is 10.1. The summed E-state index contributed by atoms with van der Waals surface area (Å²) in [6, 6.07) is 24.0. The van der Waals surface area contributed by atoms with Gasteiger partial charge in [-0.25, -0.2) is 0 Å². The SMILES string of the molecule is COc1cccc(NC(=O)[C@H](OC(=O)[C@@H]2Cc3ccccc3S2)c2ccccc2)c1. The van der Waals surface area contributed by atoms with Crippen LogP contribution in [0.4, 0.5) is 5.69 Å². The van der Waals surface area contributed by atoms with Gasteiger partial charge < -0.3 is 14.8 Å². The van der Waals surface area contributed by atoms with Gasteiger partial charge in [0.1, 0.15) is 11.0 Å². The second-order valence-corrected chi connectivity index (χ2v) is 8.11. The summed E-state index contributed by atoms with van der Waals surface area (Å²) in [6.07, 6.45) is -0.451. The van der Waals surface area contributed by atoms with Gasteiger partial charge in [-0.05, 0) is 30.2 Å². The van der Waals surface area contributed by atoms with Gasteiger partial charge in [0.15, 0.2) is 0 Å². The van der Waals surface area contributed by atoms with Gasteiger partial charge in [-0.2, -0.15) is 0 Å². The molecule has 5 nitrogen and oxygen atoms in total. The van der Waals surface area contributed by atoms with Crippen LogP contribution in [0.3, 0.4) is 0 Å². The van der Waals surface area contributed by atoms with Crippen LogP contribution in [0.25, 0.3) is 0 Å². The minimum Gasteiger partial charge on any atom is -0.497 e. The minimum atomic E-state index is -1.05. The van der Waals surface area contributed by atoms with Crippen LogP contribution in [0.2, 0.25) is 0 Å². The van der Waals surface area contributed by atoms with Crippen molar-refractivity contribution >= 4 is 29.3 Å². The van der Waals surface area contributed by atoms with E-state index >= 15 is 0 Å². The Kier molecular flexibility index (Phi) is 6.05. The maximum atomic E-state index is 13.0. The van der Waals surface area contributed by atoms with Gasteiger partial charge in [-0.15, -0.1) is 11.8 Å². The Morgan fingerprint density at radius 1 is 1.00 bits per heavy atom. The zero-order valence-corrected chi connectivity index (χ0v) is 17.2. The molecule has 1 N–H and O–H groups in total. The zero-order chi connectivity index (χ0) is 20.9. The summed E-state index contributed by atoms with van der Waals surface area (Å²) in [5.41, 5.74) is 2.31. The topological polar surface area (TPSA) is 64.6 Å². The fourth-order valence-corrected chi connectivity index (χ4v) is 4.50. The number of nitrogens with one attached hydrogen (secondary N) is 1. The summed E-state index contributed by atoms with van der Waals surface area (Å²) >= 11 is 1.48. The molecule has 30 heavy (non-hydrogen) atoms. The first-order chi connectivity index (χ1) is 14.6. The van der Waals surface area contributed by atoms with Crippen molar-refractivity contribution < 1.29 is 19.1 Å². The number of hydrogen-bond donors (Lipinski definition) is 1. The van der Waals surface area contributed by atoms with Crippen molar-refractivity contribution in [3.63, 3.8) is 0 Å². The molecule has 0 aromatic heterocycles. The van der Waals surface area contributed by atoms with Crippen molar-refractivity contribution in [2.24, 2.45) is 0 Å². The van der Waals surface area contributed by atoms with E-state index < -0.39 is 18.0 Å². The number of methoxy groups -OCH3 is 1. The lowest BCUT2D eigenvalue weighted by Gasteiger charge is -2.20. The van der Waals surface area contributed by atoms with Crippen molar-refractivity contribution in [3.05, 3.63) is 90.0 Å². The minimum absolute atomic E-state index is 0.363. The van der Waals surface area contributed by atoms with Crippen molar-refractivity contribution in [3.8, 4) is 5.75 Å². The van der Waals surface area contributed by atoms with E-state index in [9.17, 15) is 9.59 Å².